The lowest BCUT2D eigenvalue weighted by atomic mass is 10.1. The van der Waals surface area contributed by atoms with Crippen LogP contribution in [0.4, 0.5) is 0 Å². The molecule has 0 radical (unpaired) electrons. The Morgan fingerprint density at radius 2 is 1.90 bits per heavy atom. The van der Waals surface area contributed by atoms with Crippen LogP contribution in [-0.2, 0) is 4.29 Å². The van der Waals surface area contributed by atoms with E-state index < -0.39 is 0 Å². The van der Waals surface area contributed by atoms with E-state index in [-0.39, 0.29) is 6.10 Å². The molecule has 0 amide bonds. The Labute approximate surface area is 68.9 Å². The lowest BCUT2D eigenvalue weighted by Gasteiger charge is -2.10. The van der Waals surface area contributed by atoms with Gasteiger partial charge in [0.1, 0.15) is 0 Å². The number of hydrogen-bond acceptors (Lipinski definition) is 1. The van der Waals surface area contributed by atoms with Gasteiger partial charge < -0.3 is 0 Å². The normalized spacial score (nSPS) is 13.5. The monoisotopic (exact) mass is 164 g/mol. The van der Waals surface area contributed by atoms with Crippen molar-refractivity contribution in [3.63, 3.8) is 0 Å². The molecule has 0 saturated heterocycles. The van der Waals surface area contributed by atoms with Gasteiger partial charge in [0.2, 0.25) is 0 Å². The Morgan fingerprint density at radius 1 is 1.20 bits per heavy atom. The van der Waals surface area contributed by atoms with Gasteiger partial charge in [-0.3, -0.25) is 4.29 Å². The molecule has 0 aromatic carbocycles. The Hall–Kier alpha value is 0.250. The molecule has 0 fully saturated rings. The second-order valence-electron chi connectivity index (χ2n) is 2.64. The summed E-state index contributed by atoms with van der Waals surface area (Å²) in [7, 11) is 0. The van der Waals surface area contributed by atoms with Crippen LogP contribution in [0.3, 0.4) is 0 Å². The SMILES string of the molecule is CCCCC(CCC)OCl. The molecule has 1 nitrogen and oxygen atoms in total. The highest BCUT2D eigenvalue weighted by Crippen LogP contribution is 2.11. The van der Waals surface area contributed by atoms with Gasteiger partial charge in [-0.15, -0.1) is 0 Å². The van der Waals surface area contributed by atoms with Gasteiger partial charge in [0.25, 0.3) is 0 Å². The molecule has 1 unspecified atom stereocenters. The van der Waals surface area contributed by atoms with Gasteiger partial charge in [0.05, 0.1) is 18.0 Å². The van der Waals surface area contributed by atoms with Crippen LogP contribution < -0.4 is 0 Å². The Kier molecular flexibility index (Phi) is 7.54. The number of rotatable bonds is 6. The standard InChI is InChI=1S/C8H17ClO/c1-3-5-7-8(10-9)6-4-2/h8H,3-7H2,1-2H3. The van der Waals surface area contributed by atoms with Crippen molar-refractivity contribution >= 4 is 11.9 Å². The van der Waals surface area contributed by atoms with Gasteiger partial charge in [-0.25, -0.2) is 0 Å². The van der Waals surface area contributed by atoms with Crippen molar-refractivity contribution in [1.82, 2.24) is 0 Å². The molecular weight excluding hydrogens is 148 g/mol. The third-order valence-electron chi connectivity index (χ3n) is 1.62. The van der Waals surface area contributed by atoms with Crippen molar-refractivity contribution in [1.29, 1.82) is 0 Å². The van der Waals surface area contributed by atoms with E-state index in [1.807, 2.05) is 0 Å². The van der Waals surface area contributed by atoms with E-state index in [0.717, 1.165) is 19.3 Å². The number of unbranched alkanes of at least 4 members (excludes halogenated alkanes) is 1. The first kappa shape index (κ1) is 10.2. The van der Waals surface area contributed by atoms with Gasteiger partial charge in [-0.2, -0.15) is 0 Å². The molecule has 0 aliphatic carbocycles. The smallest absolute Gasteiger partial charge is 0.0790 e. The molecule has 0 N–H and O–H groups in total. The van der Waals surface area contributed by atoms with Crippen LogP contribution in [0.25, 0.3) is 0 Å². The molecular formula is C8H17ClO. The fourth-order valence-corrected chi connectivity index (χ4v) is 1.17. The Morgan fingerprint density at radius 3 is 2.30 bits per heavy atom. The summed E-state index contributed by atoms with van der Waals surface area (Å²) in [5, 5.41) is 0. The molecule has 0 rings (SSSR count). The predicted octanol–water partition coefficient (Wildman–Crippen LogP) is 3.52. The van der Waals surface area contributed by atoms with Crippen LogP contribution in [0.2, 0.25) is 0 Å². The van der Waals surface area contributed by atoms with E-state index in [1.54, 1.807) is 0 Å². The van der Waals surface area contributed by atoms with Gasteiger partial charge in [-0.1, -0.05) is 33.1 Å². The van der Waals surface area contributed by atoms with Crippen molar-refractivity contribution in [3.05, 3.63) is 0 Å². The summed E-state index contributed by atoms with van der Waals surface area (Å²) < 4.78 is 4.77. The zero-order valence-electron chi connectivity index (χ0n) is 6.90. The Balaban J connectivity index is 3.21. The summed E-state index contributed by atoms with van der Waals surface area (Å²) in [6.45, 7) is 4.33. The van der Waals surface area contributed by atoms with Gasteiger partial charge >= 0.3 is 0 Å². The van der Waals surface area contributed by atoms with Gasteiger partial charge in [-0.05, 0) is 12.8 Å². The molecule has 1 atom stereocenters. The topological polar surface area (TPSA) is 9.23 Å². The minimum absolute atomic E-state index is 0.284. The van der Waals surface area contributed by atoms with E-state index in [9.17, 15) is 0 Å². The van der Waals surface area contributed by atoms with Crippen molar-refractivity contribution in [2.75, 3.05) is 0 Å². The number of hydrogen-bond donors (Lipinski definition) is 0. The maximum atomic E-state index is 5.28. The molecule has 0 aliphatic rings. The van der Waals surface area contributed by atoms with Crippen LogP contribution in [0.1, 0.15) is 46.0 Å². The first-order chi connectivity index (χ1) is 4.85. The quantitative estimate of drug-likeness (QED) is 0.584. The first-order valence-corrected chi connectivity index (χ1v) is 4.43. The third-order valence-corrected chi connectivity index (χ3v) is 1.87. The van der Waals surface area contributed by atoms with E-state index in [4.69, 9.17) is 16.2 Å². The van der Waals surface area contributed by atoms with Crippen LogP contribution >= 0.6 is 11.9 Å². The van der Waals surface area contributed by atoms with E-state index in [0.29, 0.717) is 0 Å². The lowest BCUT2D eigenvalue weighted by Crippen LogP contribution is -2.06. The average Bonchev–Trinajstić information content (AvgIpc) is 1.98. The highest BCUT2D eigenvalue weighted by atomic mass is 35.5. The van der Waals surface area contributed by atoms with E-state index in [1.165, 1.54) is 12.8 Å². The largest absolute Gasteiger partial charge is 0.276 e. The average molecular weight is 165 g/mol. The molecule has 0 aromatic rings. The molecule has 0 aromatic heterocycles. The minimum Gasteiger partial charge on any atom is -0.276 e. The summed E-state index contributed by atoms with van der Waals surface area (Å²) in [4.78, 5) is 0. The zero-order valence-corrected chi connectivity index (χ0v) is 7.66. The van der Waals surface area contributed by atoms with Gasteiger partial charge in [0, 0.05) is 0 Å². The second kappa shape index (κ2) is 7.36. The van der Waals surface area contributed by atoms with Gasteiger partial charge in [0.15, 0.2) is 0 Å². The third kappa shape index (κ3) is 5.07. The highest BCUT2D eigenvalue weighted by molar-refractivity contribution is 6.07. The zero-order chi connectivity index (χ0) is 7.82. The lowest BCUT2D eigenvalue weighted by molar-refractivity contribution is 0.195. The molecule has 10 heavy (non-hydrogen) atoms. The summed E-state index contributed by atoms with van der Waals surface area (Å²) >= 11 is 5.28. The summed E-state index contributed by atoms with van der Waals surface area (Å²) in [5.74, 6) is 0. The maximum absolute atomic E-state index is 5.28. The second-order valence-corrected chi connectivity index (χ2v) is 2.82. The molecule has 0 heterocycles. The van der Waals surface area contributed by atoms with Crippen LogP contribution in [0.15, 0.2) is 0 Å². The predicted molar refractivity (Wildman–Crippen MR) is 45.2 cm³/mol. The molecule has 0 bridgehead atoms. The highest BCUT2D eigenvalue weighted by Gasteiger charge is 2.05. The molecule has 2 heteroatoms. The molecule has 0 spiro atoms. The maximum Gasteiger partial charge on any atom is 0.0790 e. The minimum atomic E-state index is 0.284. The first-order valence-electron chi connectivity index (χ1n) is 4.12. The van der Waals surface area contributed by atoms with E-state index in [2.05, 4.69) is 13.8 Å². The van der Waals surface area contributed by atoms with Crippen molar-refractivity contribution in [2.24, 2.45) is 0 Å². The Bertz CT molecular complexity index is 66.3. The van der Waals surface area contributed by atoms with Crippen molar-refractivity contribution in [2.45, 2.75) is 52.1 Å². The molecule has 0 aliphatic heterocycles. The summed E-state index contributed by atoms with van der Waals surface area (Å²) in [5.41, 5.74) is 0. The van der Waals surface area contributed by atoms with Crippen molar-refractivity contribution in [3.8, 4) is 0 Å². The molecule has 62 valence electrons. The van der Waals surface area contributed by atoms with Crippen LogP contribution in [0.5, 0.6) is 0 Å². The number of halogens is 1. The van der Waals surface area contributed by atoms with Crippen LogP contribution in [0, 0.1) is 0 Å². The fraction of sp³-hybridized carbons (Fsp3) is 1.00. The summed E-state index contributed by atoms with van der Waals surface area (Å²) in [6, 6.07) is 0. The fourth-order valence-electron chi connectivity index (χ4n) is 0.987. The van der Waals surface area contributed by atoms with Crippen LogP contribution in [-0.4, -0.2) is 6.10 Å². The molecule has 0 saturated carbocycles. The summed E-state index contributed by atoms with van der Waals surface area (Å²) in [6.07, 6.45) is 6.07. The van der Waals surface area contributed by atoms with Crippen molar-refractivity contribution < 1.29 is 4.29 Å². The van der Waals surface area contributed by atoms with E-state index >= 15 is 0 Å².